The van der Waals surface area contributed by atoms with Gasteiger partial charge in [-0.2, -0.15) is 5.10 Å². The topological polar surface area (TPSA) is 116 Å². The molecule has 3 rings (SSSR count). The number of nitrogens with one attached hydrogen (secondary N) is 1. The molecule has 0 bridgehead atoms. The summed E-state index contributed by atoms with van der Waals surface area (Å²) in [6.07, 6.45) is 4.37. The van der Waals surface area contributed by atoms with Crippen LogP contribution in [0.25, 0.3) is 0 Å². The predicted octanol–water partition coefficient (Wildman–Crippen LogP) is 0.831. The molecule has 0 aliphatic carbocycles. The van der Waals surface area contributed by atoms with Gasteiger partial charge in [-0.15, -0.1) is 0 Å². The van der Waals surface area contributed by atoms with Crippen molar-refractivity contribution in [1.29, 1.82) is 0 Å². The minimum atomic E-state index is -3.78. The molecule has 0 saturated heterocycles. The van der Waals surface area contributed by atoms with Crippen LogP contribution in [-0.2, 0) is 16.6 Å². The van der Waals surface area contributed by atoms with E-state index in [0.29, 0.717) is 16.7 Å². The van der Waals surface area contributed by atoms with Crippen LogP contribution in [-0.4, -0.2) is 28.2 Å². The zero-order valence-corrected chi connectivity index (χ0v) is 13.3. The first-order valence-corrected chi connectivity index (χ1v) is 8.56. The van der Waals surface area contributed by atoms with Crippen molar-refractivity contribution in [3.8, 4) is 0 Å². The monoisotopic (exact) mass is 372 g/mol. The number of halogens is 1. The number of nitrogens with zero attached hydrogens (tertiary/aromatic N) is 4. The van der Waals surface area contributed by atoms with Crippen LogP contribution in [0.15, 0.2) is 28.0 Å². The largest absolute Gasteiger partial charge is 0.383 e. The van der Waals surface area contributed by atoms with Gasteiger partial charge >= 0.3 is 0 Å². The Hall–Kier alpha value is -1.52. The second-order valence-electron chi connectivity index (χ2n) is 4.69. The zero-order chi connectivity index (χ0) is 15.0. The second-order valence-corrected chi connectivity index (χ2v) is 7.29. The van der Waals surface area contributed by atoms with Crippen molar-refractivity contribution in [3.63, 3.8) is 0 Å². The van der Waals surface area contributed by atoms with Gasteiger partial charge in [-0.25, -0.2) is 27.8 Å². The molecule has 21 heavy (non-hydrogen) atoms. The summed E-state index contributed by atoms with van der Waals surface area (Å²) in [6.45, 7) is 0.744. The van der Waals surface area contributed by atoms with E-state index < -0.39 is 16.1 Å². The predicted molar refractivity (Wildman–Crippen MR) is 78.7 cm³/mol. The van der Waals surface area contributed by atoms with E-state index in [-0.39, 0.29) is 10.7 Å². The fourth-order valence-electron chi connectivity index (χ4n) is 2.30. The molecule has 1 atom stereocenters. The number of fused-ring (bicyclic) bond motifs is 1. The summed E-state index contributed by atoms with van der Waals surface area (Å²) in [6, 6.07) is 1.02. The molecule has 0 fully saturated rings. The van der Waals surface area contributed by atoms with Gasteiger partial charge in [0.2, 0.25) is 10.0 Å². The number of aryl methyl sites for hydroxylation is 1. The molecule has 3 heterocycles. The van der Waals surface area contributed by atoms with Gasteiger partial charge in [0.1, 0.15) is 22.9 Å². The molecule has 0 saturated carbocycles. The highest BCUT2D eigenvalue weighted by atomic mass is 79.9. The van der Waals surface area contributed by atoms with E-state index in [2.05, 4.69) is 35.7 Å². The van der Waals surface area contributed by atoms with E-state index in [9.17, 15) is 8.42 Å². The third-order valence-electron chi connectivity index (χ3n) is 3.26. The lowest BCUT2D eigenvalue weighted by molar-refractivity contribution is 0.400. The maximum absolute atomic E-state index is 12.5. The number of hydrogen-bond acceptors (Lipinski definition) is 6. The molecular formula is C11H13BrN6O2S. The summed E-state index contributed by atoms with van der Waals surface area (Å²) >= 11 is 3.20. The van der Waals surface area contributed by atoms with Gasteiger partial charge in [-0.05, 0) is 34.8 Å². The highest BCUT2D eigenvalue weighted by Gasteiger charge is 2.29. The van der Waals surface area contributed by atoms with Gasteiger partial charge in [0.15, 0.2) is 0 Å². The van der Waals surface area contributed by atoms with E-state index >= 15 is 0 Å². The Labute approximate surface area is 130 Å². The van der Waals surface area contributed by atoms with Crippen molar-refractivity contribution in [2.45, 2.75) is 30.3 Å². The fourth-order valence-corrected chi connectivity index (χ4v) is 4.12. The Balaban J connectivity index is 1.93. The Morgan fingerprint density at radius 2 is 2.24 bits per heavy atom. The maximum Gasteiger partial charge on any atom is 0.244 e. The Bertz CT molecular complexity index is 775. The smallest absolute Gasteiger partial charge is 0.244 e. The van der Waals surface area contributed by atoms with Crippen molar-refractivity contribution in [2.24, 2.45) is 0 Å². The number of nitrogen functional groups attached to an aromatic ring is 1. The molecule has 8 nitrogen and oxygen atoms in total. The van der Waals surface area contributed by atoms with Crippen molar-refractivity contribution < 1.29 is 8.42 Å². The number of nitrogens with two attached hydrogens (primary N) is 1. The van der Waals surface area contributed by atoms with E-state index in [0.717, 1.165) is 13.0 Å². The molecule has 112 valence electrons. The lowest BCUT2D eigenvalue weighted by atomic mass is 10.1. The SMILES string of the molecule is Nc1ncc(Br)cc1S(=O)(=O)N[C@H]1CCCn2ncnc21. The van der Waals surface area contributed by atoms with Crippen LogP contribution in [0.3, 0.4) is 0 Å². The first-order chi connectivity index (χ1) is 9.97. The number of pyridine rings is 1. The average Bonchev–Trinajstić information content (AvgIpc) is 2.90. The standard InChI is InChI=1S/C11H13BrN6O2S/c12-7-4-9(10(13)14-5-7)21(19,20)17-8-2-1-3-18-11(8)15-6-16-18/h4-6,8,17H,1-3H2,(H2,13,14)/t8-/m0/s1. The average molecular weight is 373 g/mol. The normalized spacial score (nSPS) is 18.4. The fraction of sp³-hybridized carbons (Fsp3) is 0.364. The third-order valence-corrected chi connectivity index (χ3v) is 5.19. The van der Waals surface area contributed by atoms with Crippen LogP contribution in [0, 0.1) is 0 Å². The van der Waals surface area contributed by atoms with Gasteiger partial charge in [-0.3, -0.25) is 0 Å². The highest BCUT2D eigenvalue weighted by Crippen LogP contribution is 2.26. The Morgan fingerprint density at radius 1 is 1.43 bits per heavy atom. The molecule has 0 aromatic carbocycles. The zero-order valence-electron chi connectivity index (χ0n) is 10.9. The highest BCUT2D eigenvalue weighted by molar-refractivity contribution is 9.10. The molecule has 1 aliphatic rings. The molecule has 3 N–H and O–H groups in total. The minimum absolute atomic E-state index is 0.0389. The molecule has 0 unspecified atom stereocenters. The van der Waals surface area contributed by atoms with Gasteiger partial charge in [0, 0.05) is 17.2 Å². The summed E-state index contributed by atoms with van der Waals surface area (Å²) in [4.78, 5) is 7.93. The Kier molecular flexibility index (Phi) is 3.68. The molecule has 0 radical (unpaired) electrons. The van der Waals surface area contributed by atoms with E-state index in [1.165, 1.54) is 18.6 Å². The van der Waals surface area contributed by atoms with Crippen LogP contribution in [0.2, 0.25) is 0 Å². The van der Waals surface area contributed by atoms with Crippen LogP contribution < -0.4 is 10.5 Å². The molecule has 2 aromatic heterocycles. The van der Waals surface area contributed by atoms with E-state index in [4.69, 9.17) is 5.73 Å². The summed E-state index contributed by atoms with van der Waals surface area (Å²) in [7, 11) is -3.78. The van der Waals surface area contributed by atoms with Gasteiger partial charge in [-0.1, -0.05) is 0 Å². The van der Waals surface area contributed by atoms with Crippen LogP contribution >= 0.6 is 15.9 Å². The van der Waals surface area contributed by atoms with Crippen LogP contribution in [0.1, 0.15) is 24.7 Å². The Morgan fingerprint density at radius 3 is 3.05 bits per heavy atom. The summed E-state index contributed by atoms with van der Waals surface area (Å²) in [5, 5.41) is 4.07. The van der Waals surface area contributed by atoms with Crippen LogP contribution in [0.4, 0.5) is 5.82 Å². The number of sulfonamides is 1. The maximum atomic E-state index is 12.5. The number of aromatic nitrogens is 4. The van der Waals surface area contributed by atoms with Crippen LogP contribution in [0.5, 0.6) is 0 Å². The molecule has 0 spiro atoms. The minimum Gasteiger partial charge on any atom is -0.383 e. The number of anilines is 1. The van der Waals surface area contributed by atoms with E-state index in [1.807, 2.05) is 0 Å². The lowest BCUT2D eigenvalue weighted by Crippen LogP contribution is -2.33. The summed E-state index contributed by atoms with van der Waals surface area (Å²) < 4.78 is 29.9. The molecule has 10 heteroatoms. The second kappa shape index (κ2) is 5.35. The van der Waals surface area contributed by atoms with Crippen molar-refractivity contribution in [2.75, 3.05) is 5.73 Å². The van der Waals surface area contributed by atoms with Crippen molar-refractivity contribution >= 4 is 31.8 Å². The third kappa shape index (κ3) is 2.78. The molecule has 2 aromatic rings. The van der Waals surface area contributed by atoms with E-state index in [1.54, 1.807) is 4.68 Å². The first-order valence-electron chi connectivity index (χ1n) is 6.28. The first kappa shape index (κ1) is 14.4. The van der Waals surface area contributed by atoms with Crippen molar-refractivity contribution in [3.05, 3.63) is 28.9 Å². The lowest BCUT2D eigenvalue weighted by Gasteiger charge is -2.23. The van der Waals surface area contributed by atoms with Gasteiger partial charge < -0.3 is 5.73 Å². The van der Waals surface area contributed by atoms with Crippen molar-refractivity contribution in [1.82, 2.24) is 24.5 Å². The number of rotatable bonds is 3. The quantitative estimate of drug-likeness (QED) is 0.824. The van der Waals surface area contributed by atoms with Gasteiger partial charge in [0.05, 0.1) is 6.04 Å². The number of hydrogen-bond donors (Lipinski definition) is 2. The molecular weight excluding hydrogens is 360 g/mol. The summed E-state index contributed by atoms with van der Waals surface area (Å²) in [5.41, 5.74) is 5.67. The molecule has 0 amide bonds. The molecule has 1 aliphatic heterocycles. The van der Waals surface area contributed by atoms with Gasteiger partial charge in [0.25, 0.3) is 0 Å². The summed E-state index contributed by atoms with van der Waals surface area (Å²) in [5.74, 6) is 0.578.